The third-order valence-corrected chi connectivity index (χ3v) is 9.45. The van der Waals surface area contributed by atoms with Crippen molar-refractivity contribution >= 4 is 0 Å². The molecule has 9 rings (SSSR count). The van der Waals surface area contributed by atoms with Gasteiger partial charge in [0.15, 0.2) is 17.5 Å². The molecule has 0 saturated heterocycles. The topological polar surface area (TPSA) is 38.7 Å². The highest BCUT2D eigenvalue weighted by atomic mass is 15.0. The summed E-state index contributed by atoms with van der Waals surface area (Å²) in [6.45, 7) is 0. The third kappa shape index (κ3) is 5.69. The Morgan fingerprint density at radius 3 is 0.980 bits per heavy atom. The fourth-order valence-electron chi connectivity index (χ4n) is 6.99. The zero-order valence-electron chi connectivity index (χ0n) is 26.8. The average molecular weight is 642 g/mol. The van der Waals surface area contributed by atoms with Crippen LogP contribution in [0.15, 0.2) is 176 Å². The minimum absolute atomic E-state index is 0. The van der Waals surface area contributed by atoms with Crippen LogP contribution in [0.4, 0.5) is 0 Å². The molecule has 1 heterocycles. The van der Waals surface area contributed by atoms with Crippen molar-refractivity contribution in [2.75, 3.05) is 0 Å². The van der Waals surface area contributed by atoms with Crippen LogP contribution in [0.3, 0.4) is 0 Å². The first-order valence-corrected chi connectivity index (χ1v) is 16.7. The zero-order valence-corrected chi connectivity index (χ0v) is 26.8. The number of benzene rings is 7. The van der Waals surface area contributed by atoms with Gasteiger partial charge in [-0.15, -0.1) is 0 Å². The molecule has 1 aliphatic rings. The molecule has 0 atom stereocenters. The maximum absolute atomic E-state index is 4.93. The summed E-state index contributed by atoms with van der Waals surface area (Å²) in [7, 11) is 0. The molecular formula is C47H35N3. The van der Waals surface area contributed by atoms with Crippen molar-refractivity contribution in [3.05, 3.63) is 187 Å². The summed E-state index contributed by atoms with van der Waals surface area (Å²) in [5.41, 5.74) is 15.7. The Bertz CT molecular complexity index is 2360. The first-order chi connectivity index (χ1) is 24.3. The van der Waals surface area contributed by atoms with Gasteiger partial charge >= 0.3 is 0 Å². The molecular weight excluding hydrogens is 607 g/mol. The predicted molar refractivity (Wildman–Crippen MR) is 207 cm³/mol. The summed E-state index contributed by atoms with van der Waals surface area (Å²) < 4.78 is 0. The van der Waals surface area contributed by atoms with Crippen LogP contribution < -0.4 is 0 Å². The molecule has 0 bridgehead atoms. The zero-order chi connectivity index (χ0) is 32.6. The van der Waals surface area contributed by atoms with Crippen molar-refractivity contribution in [1.29, 1.82) is 0 Å². The Kier molecular flexibility index (Phi) is 8.16. The summed E-state index contributed by atoms with van der Waals surface area (Å²) in [4.78, 5) is 14.7. The molecule has 7 aromatic carbocycles. The smallest absolute Gasteiger partial charge is 0.164 e. The second kappa shape index (κ2) is 13.2. The van der Waals surface area contributed by atoms with Crippen molar-refractivity contribution in [3.8, 4) is 78.7 Å². The summed E-state index contributed by atoms with van der Waals surface area (Å²) in [6, 6.07) is 61.8. The molecule has 238 valence electrons. The third-order valence-electron chi connectivity index (χ3n) is 9.45. The predicted octanol–water partition coefficient (Wildman–Crippen LogP) is 12.1. The molecule has 50 heavy (non-hydrogen) atoms. The molecule has 1 aliphatic carbocycles. The van der Waals surface area contributed by atoms with Crippen LogP contribution in [0.2, 0.25) is 0 Å². The van der Waals surface area contributed by atoms with Gasteiger partial charge in [-0.05, 0) is 62.1 Å². The van der Waals surface area contributed by atoms with Crippen LogP contribution in [0.5, 0.6) is 0 Å². The van der Waals surface area contributed by atoms with Gasteiger partial charge in [-0.2, -0.15) is 0 Å². The molecule has 3 nitrogen and oxygen atoms in total. The molecule has 0 fully saturated rings. The number of hydrogen-bond donors (Lipinski definition) is 0. The van der Waals surface area contributed by atoms with Crippen molar-refractivity contribution in [3.63, 3.8) is 0 Å². The lowest BCUT2D eigenvalue weighted by atomic mass is 9.94. The molecule has 1 aromatic heterocycles. The Morgan fingerprint density at radius 2 is 0.560 bits per heavy atom. The number of rotatable bonds is 6. The van der Waals surface area contributed by atoms with E-state index in [9.17, 15) is 0 Å². The summed E-state index contributed by atoms with van der Waals surface area (Å²) in [6.07, 6.45) is 0.896. The second-order valence-electron chi connectivity index (χ2n) is 12.4. The largest absolute Gasteiger partial charge is 0.208 e. The maximum atomic E-state index is 4.93. The van der Waals surface area contributed by atoms with Crippen molar-refractivity contribution in [2.45, 2.75) is 13.8 Å². The van der Waals surface area contributed by atoms with E-state index in [0.29, 0.717) is 17.5 Å². The van der Waals surface area contributed by atoms with Crippen LogP contribution in [-0.2, 0) is 6.42 Å². The van der Waals surface area contributed by atoms with E-state index in [1.807, 2.05) is 60.7 Å². The molecule has 8 aromatic rings. The van der Waals surface area contributed by atoms with Crippen LogP contribution >= 0.6 is 0 Å². The number of fused-ring (bicyclic) bond motifs is 3. The molecule has 0 spiro atoms. The summed E-state index contributed by atoms with van der Waals surface area (Å²) in [5.74, 6) is 1.99. The van der Waals surface area contributed by atoms with E-state index in [1.54, 1.807) is 0 Å². The molecule has 0 radical (unpaired) electrons. The lowest BCUT2D eigenvalue weighted by molar-refractivity contribution is 1.07. The molecule has 0 saturated carbocycles. The Hall–Kier alpha value is -6.45. The summed E-state index contributed by atoms with van der Waals surface area (Å²) >= 11 is 0. The second-order valence-corrected chi connectivity index (χ2v) is 12.4. The van der Waals surface area contributed by atoms with E-state index < -0.39 is 0 Å². The van der Waals surface area contributed by atoms with Gasteiger partial charge in [0.25, 0.3) is 0 Å². The van der Waals surface area contributed by atoms with E-state index in [0.717, 1.165) is 23.1 Å². The lowest BCUT2D eigenvalue weighted by Gasteiger charge is -2.11. The maximum Gasteiger partial charge on any atom is 0.164 e. The van der Waals surface area contributed by atoms with Gasteiger partial charge in [-0.1, -0.05) is 183 Å². The van der Waals surface area contributed by atoms with Crippen LogP contribution in [-0.4, -0.2) is 15.0 Å². The van der Waals surface area contributed by atoms with E-state index in [1.165, 1.54) is 55.6 Å². The normalized spacial score (nSPS) is 11.4. The Morgan fingerprint density at radius 1 is 0.260 bits per heavy atom. The number of aromatic nitrogens is 3. The molecule has 0 N–H and O–H groups in total. The van der Waals surface area contributed by atoms with Crippen LogP contribution in [0.25, 0.3) is 78.7 Å². The van der Waals surface area contributed by atoms with E-state index in [2.05, 4.69) is 115 Å². The standard InChI is InChI=1S/C46H31N3.CH4/c1-4-12-31(13-5-1)32-22-24-33(25-23-32)38-18-10-20-40-41-21-11-19-39(43(41)30-42(38)40)34-26-28-37(29-27-34)46-48-44(35-14-6-2-7-15-35)47-45(49-46)36-16-8-3-9-17-36;/h1-29H,30H2;1H4. The monoisotopic (exact) mass is 641 g/mol. The minimum Gasteiger partial charge on any atom is -0.208 e. The van der Waals surface area contributed by atoms with Gasteiger partial charge in [0.05, 0.1) is 0 Å². The van der Waals surface area contributed by atoms with Crippen molar-refractivity contribution < 1.29 is 0 Å². The first-order valence-electron chi connectivity index (χ1n) is 16.7. The molecule has 0 aliphatic heterocycles. The summed E-state index contributed by atoms with van der Waals surface area (Å²) in [5, 5.41) is 0. The van der Waals surface area contributed by atoms with E-state index in [4.69, 9.17) is 15.0 Å². The van der Waals surface area contributed by atoms with Crippen molar-refractivity contribution in [1.82, 2.24) is 15.0 Å². The fourth-order valence-corrected chi connectivity index (χ4v) is 6.99. The quantitative estimate of drug-likeness (QED) is 0.181. The van der Waals surface area contributed by atoms with E-state index in [-0.39, 0.29) is 7.43 Å². The Labute approximate surface area is 293 Å². The van der Waals surface area contributed by atoms with E-state index >= 15 is 0 Å². The van der Waals surface area contributed by atoms with Gasteiger partial charge < -0.3 is 0 Å². The van der Waals surface area contributed by atoms with Crippen LogP contribution in [0.1, 0.15) is 18.6 Å². The number of nitrogens with zero attached hydrogens (tertiary/aromatic N) is 3. The highest BCUT2D eigenvalue weighted by molar-refractivity contribution is 5.90. The Balaban J connectivity index is 0.00000361. The lowest BCUT2D eigenvalue weighted by Crippen LogP contribution is -2.00. The molecule has 3 heteroatoms. The highest BCUT2D eigenvalue weighted by Crippen LogP contribution is 2.45. The van der Waals surface area contributed by atoms with Gasteiger partial charge in [0.1, 0.15) is 0 Å². The average Bonchev–Trinajstić information content (AvgIpc) is 3.58. The number of hydrogen-bond acceptors (Lipinski definition) is 3. The van der Waals surface area contributed by atoms with Gasteiger partial charge in [-0.3, -0.25) is 0 Å². The highest BCUT2D eigenvalue weighted by Gasteiger charge is 2.24. The van der Waals surface area contributed by atoms with Crippen LogP contribution in [0, 0.1) is 0 Å². The van der Waals surface area contributed by atoms with Crippen molar-refractivity contribution in [2.24, 2.45) is 0 Å². The van der Waals surface area contributed by atoms with Gasteiger partial charge in [0.2, 0.25) is 0 Å². The molecule has 0 unspecified atom stereocenters. The van der Waals surface area contributed by atoms with Gasteiger partial charge in [-0.25, -0.2) is 15.0 Å². The fraction of sp³-hybridized carbons (Fsp3) is 0.0426. The van der Waals surface area contributed by atoms with Gasteiger partial charge in [0, 0.05) is 16.7 Å². The molecule has 0 amide bonds. The SMILES string of the molecule is C.c1ccc(-c2ccc(-c3cccc4c3Cc3c(-c5ccc(-c6nc(-c7ccccc7)nc(-c7ccccc7)n6)cc5)cccc3-4)cc2)cc1. The first kappa shape index (κ1) is 30.9. The minimum atomic E-state index is 0.